The number of nitrogens with zero attached hydrogens (tertiary/aromatic N) is 2. The first-order chi connectivity index (χ1) is 8.34. The first-order valence-electron chi connectivity index (χ1n) is 6.62. The zero-order valence-corrected chi connectivity index (χ0v) is 13.3. The summed E-state index contributed by atoms with van der Waals surface area (Å²) in [5.41, 5.74) is 1.37. The fraction of sp³-hybridized carbons (Fsp3) is 0.786. The van der Waals surface area contributed by atoms with Crippen molar-refractivity contribution < 1.29 is 0 Å². The van der Waals surface area contributed by atoms with E-state index in [-0.39, 0.29) is 5.41 Å². The van der Waals surface area contributed by atoms with Crippen molar-refractivity contribution in [2.45, 2.75) is 50.9 Å². The Morgan fingerprint density at radius 3 is 2.61 bits per heavy atom. The van der Waals surface area contributed by atoms with Crippen molar-refractivity contribution in [2.24, 2.45) is 5.92 Å². The molecule has 0 N–H and O–H groups in total. The fourth-order valence-electron chi connectivity index (χ4n) is 2.27. The summed E-state index contributed by atoms with van der Waals surface area (Å²) in [7, 11) is 2.18. The number of thiazole rings is 1. The van der Waals surface area contributed by atoms with Gasteiger partial charge in [-0.15, -0.1) is 22.9 Å². The quantitative estimate of drug-likeness (QED) is 0.781. The van der Waals surface area contributed by atoms with Gasteiger partial charge in [0.15, 0.2) is 0 Å². The van der Waals surface area contributed by atoms with Crippen LogP contribution < -0.4 is 0 Å². The van der Waals surface area contributed by atoms with E-state index in [1.165, 1.54) is 23.5 Å². The molecule has 0 spiro atoms. The molecule has 0 bridgehead atoms. The SMILES string of the molecule is CN(Cc1nc(C(C)(C)C)cs1)CC1CC(Cl)C1. The van der Waals surface area contributed by atoms with E-state index in [9.17, 15) is 0 Å². The van der Waals surface area contributed by atoms with E-state index >= 15 is 0 Å². The first-order valence-corrected chi connectivity index (χ1v) is 7.93. The standard InChI is InChI=1S/C14H23ClN2S/c1-14(2,3)12-9-18-13(16-12)8-17(4)7-10-5-11(15)6-10/h9-11H,5-8H2,1-4H3. The van der Waals surface area contributed by atoms with E-state index in [0.717, 1.165) is 19.0 Å². The lowest BCUT2D eigenvalue weighted by Gasteiger charge is -2.33. The number of hydrogen-bond acceptors (Lipinski definition) is 3. The largest absolute Gasteiger partial charge is 0.299 e. The Bertz CT molecular complexity index is 391. The highest BCUT2D eigenvalue weighted by molar-refractivity contribution is 7.09. The van der Waals surface area contributed by atoms with Crippen LogP contribution >= 0.6 is 22.9 Å². The summed E-state index contributed by atoms with van der Waals surface area (Å²) in [6, 6.07) is 0. The molecule has 4 heteroatoms. The molecule has 1 fully saturated rings. The van der Waals surface area contributed by atoms with Crippen molar-refractivity contribution in [1.82, 2.24) is 9.88 Å². The van der Waals surface area contributed by atoms with Gasteiger partial charge in [-0.2, -0.15) is 0 Å². The smallest absolute Gasteiger partial charge is 0.107 e. The Balaban J connectivity index is 1.83. The molecule has 1 aliphatic rings. The van der Waals surface area contributed by atoms with Crippen molar-refractivity contribution in [3.05, 3.63) is 16.1 Å². The summed E-state index contributed by atoms with van der Waals surface area (Å²) in [5.74, 6) is 0.791. The zero-order chi connectivity index (χ0) is 13.3. The van der Waals surface area contributed by atoms with Gasteiger partial charge in [0.05, 0.1) is 12.2 Å². The number of hydrogen-bond donors (Lipinski definition) is 0. The van der Waals surface area contributed by atoms with Crippen molar-refractivity contribution in [1.29, 1.82) is 0 Å². The van der Waals surface area contributed by atoms with Crippen molar-refractivity contribution in [3.63, 3.8) is 0 Å². The molecule has 0 radical (unpaired) electrons. The highest BCUT2D eigenvalue weighted by Crippen LogP contribution is 2.32. The van der Waals surface area contributed by atoms with Gasteiger partial charge >= 0.3 is 0 Å². The van der Waals surface area contributed by atoms with Crippen molar-refractivity contribution in [2.75, 3.05) is 13.6 Å². The molecule has 1 aromatic rings. The van der Waals surface area contributed by atoms with Gasteiger partial charge in [-0.25, -0.2) is 4.98 Å². The van der Waals surface area contributed by atoms with E-state index in [4.69, 9.17) is 16.6 Å². The third-order valence-corrected chi connectivity index (χ3v) is 4.66. The van der Waals surface area contributed by atoms with Crippen LogP contribution in [0.2, 0.25) is 0 Å². The molecule has 2 rings (SSSR count). The molecule has 1 aliphatic carbocycles. The van der Waals surface area contributed by atoms with Crippen LogP contribution in [0.15, 0.2) is 5.38 Å². The summed E-state index contributed by atoms with van der Waals surface area (Å²) in [4.78, 5) is 7.11. The molecule has 2 nitrogen and oxygen atoms in total. The van der Waals surface area contributed by atoms with Crippen LogP contribution in [0.25, 0.3) is 0 Å². The van der Waals surface area contributed by atoms with E-state index < -0.39 is 0 Å². The Labute approximate surface area is 119 Å². The fourth-order valence-corrected chi connectivity index (χ4v) is 3.87. The summed E-state index contributed by atoms with van der Waals surface area (Å²) in [6.45, 7) is 8.75. The lowest BCUT2D eigenvalue weighted by Crippen LogP contribution is -2.34. The third-order valence-electron chi connectivity index (χ3n) is 3.47. The molecule has 0 aliphatic heterocycles. The predicted molar refractivity (Wildman–Crippen MR) is 79.5 cm³/mol. The molecule has 0 unspecified atom stereocenters. The average molecular weight is 287 g/mol. The Kier molecular flexibility index (Phi) is 4.35. The molecule has 0 atom stereocenters. The Morgan fingerprint density at radius 2 is 2.11 bits per heavy atom. The first kappa shape index (κ1) is 14.3. The predicted octanol–water partition coefficient (Wildman–Crippen LogP) is 3.89. The minimum absolute atomic E-state index is 0.160. The lowest BCUT2D eigenvalue weighted by atomic mass is 9.84. The molecule has 1 saturated carbocycles. The normalized spacial score (nSPS) is 24.3. The van der Waals surface area contributed by atoms with Crippen LogP contribution in [-0.2, 0) is 12.0 Å². The average Bonchev–Trinajstić information content (AvgIpc) is 2.63. The van der Waals surface area contributed by atoms with Crippen LogP contribution in [0.1, 0.15) is 44.3 Å². The van der Waals surface area contributed by atoms with Crippen molar-refractivity contribution >= 4 is 22.9 Å². The highest BCUT2D eigenvalue weighted by atomic mass is 35.5. The maximum atomic E-state index is 6.01. The van der Waals surface area contributed by atoms with Crippen LogP contribution in [-0.4, -0.2) is 28.9 Å². The molecule has 0 saturated heterocycles. The van der Waals surface area contributed by atoms with E-state index in [0.29, 0.717) is 5.38 Å². The van der Waals surface area contributed by atoms with E-state index in [1.807, 2.05) is 0 Å². The summed E-state index contributed by atoms with van der Waals surface area (Å²) in [6.07, 6.45) is 2.36. The molecule has 1 aromatic heterocycles. The second-order valence-electron chi connectivity index (χ2n) is 6.51. The van der Waals surface area contributed by atoms with Gasteiger partial charge in [-0.05, 0) is 25.8 Å². The number of halogens is 1. The molecule has 0 aromatic carbocycles. The van der Waals surface area contributed by atoms with Crippen LogP contribution in [0, 0.1) is 5.92 Å². The van der Waals surface area contributed by atoms with Crippen LogP contribution in [0.4, 0.5) is 0 Å². The number of rotatable bonds is 4. The van der Waals surface area contributed by atoms with E-state index in [1.54, 1.807) is 11.3 Å². The molecular weight excluding hydrogens is 264 g/mol. The Morgan fingerprint density at radius 1 is 1.44 bits per heavy atom. The summed E-state index contributed by atoms with van der Waals surface area (Å²) >= 11 is 7.79. The van der Waals surface area contributed by atoms with Gasteiger partial charge in [0, 0.05) is 22.7 Å². The second kappa shape index (κ2) is 5.48. The van der Waals surface area contributed by atoms with Gasteiger partial charge in [0.1, 0.15) is 5.01 Å². The van der Waals surface area contributed by atoms with Crippen LogP contribution in [0.3, 0.4) is 0 Å². The van der Waals surface area contributed by atoms with Gasteiger partial charge < -0.3 is 0 Å². The monoisotopic (exact) mass is 286 g/mol. The summed E-state index contributed by atoms with van der Waals surface area (Å²) in [5, 5.41) is 3.85. The minimum Gasteiger partial charge on any atom is -0.299 e. The zero-order valence-electron chi connectivity index (χ0n) is 11.7. The topological polar surface area (TPSA) is 16.1 Å². The van der Waals surface area contributed by atoms with Crippen LogP contribution in [0.5, 0.6) is 0 Å². The van der Waals surface area contributed by atoms with Gasteiger partial charge in [-0.3, -0.25) is 4.90 Å². The van der Waals surface area contributed by atoms with Crippen molar-refractivity contribution in [3.8, 4) is 0 Å². The Hall–Kier alpha value is -0.120. The molecular formula is C14H23ClN2S. The van der Waals surface area contributed by atoms with Gasteiger partial charge in [-0.1, -0.05) is 20.8 Å². The number of aromatic nitrogens is 1. The minimum atomic E-state index is 0.160. The highest BCUT2D eigenvalue weighted by Gasteiger charge is 2.28. The van der Waals surface area contributed by atoms with Gasteiger partial charge in [0.25, 0.3) is 0 Å². The maximum Gasteiger partial charge on any atom is 0.107 e. The molecule has 0 amide bonds. The third kappa shape index (κ3) is 3.69. The number of alkyl halides is 1. The summed E-state index contributed by atoms with van der Waals surface area (Å²) < 4.78 is 0. The second-order valence-corrected chi connectivity index (χ2v) is 8.07. The van der Waals surface area contributed by atoms with E-state index in [2.05, 4.69) is 38.1 Å². The van der Waals surface area contributed by atoms with Gasteiger partial charge in [0.2, 0.25) is 0 Å². The lowest BCUT2D eigenvalue weighted by molar-refractivity contribution is 0.204. The maximum absolute atomic E-state index is 6.01. The molecule has 18 heavy (non-hydrogen) atoms. The molecule has 1 heterocycles. The molecule has 102 valence electrons.